The second kappa shape index (κ2) is 6.58. The summed E-state index contributed by atoms with van der Waals surface area (Å²) in [4.78, 5) is 17.8. The largest absolute Gasteiger partial charge is 0.345 e. The minimum atomic E-state index is -0.290. The third-order valence-corrected chi connectivity index (χ3v) is 3.43. The fourth-order valence-corrected chi connectivity index (χ4v) is 2.25. The van der Waals surface area contributed by atoms with Gasteiger partial charge in [0.15, 0.2) is 5.69 Å². The number of aromatic nitrogens is 4. The molecule has 0 saturated heterocycles. The molecule has 0 aliphatic rings. The van der Waals surface area contributed by atoms with Crippen molar-refractivity contribution in [2.45, 2.75) is 13.5 Å². The van der Waals surface area contributed by atoms with Gasteiger partial charge >= 0.3 is 0 Å². The SMILES string of the molecule is Cc1nn(-c2cccc(Cl)c2)nc1C(=O)NCc1ccccn1. The van der Waals surface area contributed by atoms with Gasteiger partial charge in [-0.05, 0) is 37.3 Å². The lowest BCUT2D eigenvalue weighted by Gasteiger charge is -2.02. The van der Waals surface area contributed by atoms with Gasteiger partial charge in [-0.3, -0.25) is 9.78 Å². The number of hydrogen-bond acceptors (Lipinski definition) is 4. The molecule has 3 rings (SSSR count). The Bertz CT molecular complexity index is 831. The second-order valence-electron chi connectivity index (χ2n) is 4.91. The quantitative estimate of drug-likeness (QED) is 0.799. The van der Waals surface area contributed by atoms with Crippen molar-refractivity contribution in [1.82, 2.24) is 25.3 Å². The molecule has 7 heteroatoms. The zero-order valence-electron chi connectivity index (χ0n) is 12.4. The van der Waals surface area contributed by atoms with Gasteiger partial charge in [-0.1, -0.05) is 23.7 Å². The highest BCUT2D eigenvalue weighted by molar-refractivity contribution is 6.30. The predicted molar refractivity (Wildman–Crippen MR) is 86.5 cm³/mol. The van der Waals surface area contributed by atoms with Crippen LogP contribution in [0.15, 0.2) is 48.7 Å². The average Bonchev–Trinajstić information content (AvgIpc) is 2.96. The molecule has 0 bridgehead atoms. The molecule has 0 atom stereocenters. The van der Waals surface area contributed by atoms with Crippen molar-refractivity contribution < 1.29 is 4.79 Å². The van der Waals surface area contributed by atoms with Crippen molar-refractivity contribution in [3.63, 3.8) is 0 Å². The van der Waals surface area contributed by atoms with E-state index in [9.17, 15) is 4.79 Å². The molecular weight excluding hydrogens is 314 g/mol. The van der Waals surface area contributed by atoms with E-state index in [1.165, 1.54) is 4.80 Å². The molecule has 2 aromatic heterocycles. The summed E-state index contributed by atoms with van der Waals surface area (Å²) >= 11 is 5.97. The summed E-state index contributed by atoms with van der Waals surface area (Å²) in [5.74, 6) is -0.290. The Morgan fingerprint density at radius 3 is 2.83 bits per heavy atom. The van der Waals surface area contributed by atoms with Crippen molar-refractivity contribution in [3.05, 3.63) is 70.8 Å². The van der Waals surface area contributed by atoms with E-state index in [2.05, 4.69) is 20.5 Å². The van der Waals surface area contributed by atoms with Gasteiger partial charge in [0.2, 0.25) is 0 Å². The van der Waals surface area contributed by atoms with E-state index in [0.717, 1.165) is 5.69 Å². The highest BCUT2D eigenvalue weighted by atomic mass is 35.5. The standard InChI is InChI=1S/C16H14ClN5O/c1-11-15(16(23)19-10-13-6-2-3-8-18-13)21-22(20-11)14-7-4-5-12(17)9-14/h2-9H,10H2,1H3,(H,19,23). The maximum absolute atomic E-state index is 12.3. The number of rotatable bonds is 4. The molecule has 0 unspecified atom stereocenters. The normalized spacial score (nSPS) is 10.5. The fraction of sp³-hybridized carbons (Fsp3) is 0.125. The third kappa shape index (κ3) is 3.54. The summed E-state index contributed by atoms with van der Waals surface area (Å²) in [6.45, 7) is 2.08. The maximum Gasteiger partial charge on any atom is 0.274 e. The van der Waals surface area contributed by atoms with Crippen LogP contribution in [-0.2, 0) is 6.54 Å². The maximum atomic E-state index is 12.3. The van der Waals surface area contributed by atoms with Gasteiger partial charge < -0.3 is 5.32 Å². The van der Waals surface area contributed by atoms with E-state index in [-0.39, 0.29) is 11.6 Å². The number of carbonyl (C=O) groups excluding carboxylic acids is 1. The van der Waals surface area contributed by atoms with E-state index < -0.39 is 0 Å². The number of halogens is 1. The lowest BCUT2D eigenvalue weighted by atomic mass is 10.3. The van der Waals surface area contributed by atoms with Crippen LogP contribution in [0.4, 0.5) is 0 Å². The Balaban J connectivity index is 1.76. The summed E-state index contributed by atoms with van der Waals surface area (Å²) in [5, 5.41) is 11.9. The van der Waals surface area contributed by atoms with Crippen molar-refractivity contribution in [2.75, 3.05) is 0 Å². The summed E-state index contributed by atoms with van der Waals surface area (Å²) in [6, 6.07) is 12.7. The number of hydrogen-bond donors (Lipinski definition) is 1. The molecule has 1 amide bonds. The van der Waals surface area contributed by atoms with Crippen LogP contribution < -0.4 is 5.32 Å². The second-order valence-corrected chi connectivity index (χ2v) is 5.34. The first-order chi connectivity index (χ1) is 11.1. The summed E-state index contributed by atoms with van der Waals surface area (Å²) < 4.78 is 0. The Hall–Kier alpha value is -2.73. The minimum Gasteiger partial charge on any atom is -0.345 e. The number of amides is 1. The molecule has 0 radical (unpaired) electrons. The monoisotopic (exact) mass is 327 g/mol. The number of carbonyl (C=O) groups is 1. The van der Waals surface area contributed by atoms with Gasteiger partial charge in [0, 0.05) is 11.2 Å². The van der Waals surface area contributed by atoms with Gasteiger partial charge in [-0.2, -0.15) is 9.90 Å². The Morgan fingerprint density at radius 2 is 2.09 bits per heavy atom. The topological polar surface area (TPSA) is 72.7 Å². The molecule has 2 heterocycles. The first-order valence-corrected chi connectivity index (χ1v) is 7.39. The van der Waals surface area contributed by atoms with Crippen LogP contribution in [0, 0.1) is 6.92 Å². The number of pyridine rings is 1. The van der Waals surface area contributed by atoms with Crippen molar-refractivity contribution in [3.8, 4) is 5.69 Å². The molecule has 0 aliphatic heterocycles. The lowest BCUT2D eigenvalue weighted by molar-refractivity contribution is 0.0944. The summed E-state index contributed by atoms with van der Waals surface area (Å²) in [5.41, 5.74) is 2.30. The van der Waals surface area contributed by atoms with Gasteiger partial charge in [-0.15, -0.1) is 5.10 Å². The number of nitrogens with zero attached hydrogens (tertiary/aromatic N) is 4. The van der Waals surface area contributed by atoms with Gasteiger partial charge in [0.05, 0.1) is 23.6 Å². The average molecular weight is 328 g/mol. The molecule has 0 saturated carbocycles. The van der Waals surface area contributed by atoms with E-state index in [1.54, 1.807) is 31.3 Å². The number of nitrogens with one attached hydrogen (secondary N) is 1. The Kier molecular flexibility index (Phi) is 4.34. The number of benzene rings is 1. The summed E-state index contributed by atoms with van der Waals surface area (Å²) in [6.07, 6.45) is 1.68. The number of aryl methyl sites for hydroxylation is 1. The molecule has 23 heavy (non-hydrogen) atoms. The van der Waals surface area contributed by atoms with Crippen LogP contribution in [-0.4, -0.2) is 25.9 Å². The molecule has 1 aromatic carbocycles. The van der Waals surface area contributed by atoms with E-state index in [0.29, 0.717) is 22.9 Å². The van der Waals surface area contributed by atoms with Crippen molar-refractivity contribution >= 4 is 17.5 Å². The zero-order chi connectivity index (χ0) is 16.2. The molecule has 0 fully saturated rings. The molecule has 1 N–H and O–H groups in total. The lowest BCUT2D eigenvalue weighted by Crippen LogP contribution is -2.24. The highest BCUT2D eigenvalue weighted by Gasteiger charge is 2.16. The van der Waals surface area contributed by atoms with Gasteiger partial charge in [0.1, 0.15) is 0 Å². The van der Waals surface area contributed by atoms with Crippen LogP contribution in [0.2, 0.25) is 5.02 Å². The van der Waals surface area contributed by atoms with E-state index in [1.807, 2.05) is 24.3 Å². The third-order valence-electron chi connectivity index (χ3n) is 3.19. The van der Waals surface area contributed by atoms with E-state index in [4.69, 9.17) is 11.6 Å². The van der Waals surface area contributed by atoms with Crippen molar-refractivity contribution in [1.29, 1.82) is 0 Å². The van der Waals surface area contributed by atoms with Crippen molar-refractivity contribution in [2.24, 2.45) is 0 Å². The van der Waals surface area contributed by atoms with Crippen LogP contribution in [0.1, 0.15) is 21.9 Å². The van der Waals surface area contributed by atoms with Gasteiger partial charge in [-0.25, -0.2) is 0 Å². The predicted octanol–water partition coefficient (Wildman–Crippen LogP) is 2.55. The first kappa shape index (κ1) is 15.2. The van der Waals surface area contributed by atoms with E-state index >= 15 is 0 Å². The zero-order valence-corrected chi connectivity index (χ0v) is 13.2. The molecule has 116 valence electrons. The highest BCUT2D eigenvalue weighted by Crippen LogP contribution is 2.14. The van der Waals surface area contributed by atoms with Crippen LogP contribution in [0.3, 0.4) is 0 Å². The minimum absolute atomic E-state index is 0.279. The Labute approximate surface area is 138 Å². The smallest absolute Gasteiger partial charge is 0.274 e. The van der Waals surface area contributed by atoms with Crippen LogP contribution in [0.5, 0.6) is 0 Å². The summed E-state index contributed by atoms with van der Waals surface area (Å²) in [7, 11) is 0. The first-order valence-electron chi connectivity index (χ1n) is 7.01. The van der Waals surface area contributed by atoms with Gasteiger partial charge in [0.25, 0.3) is 5.91 Å². The molecule has 6 nitrogen and oxygen atoms in total. The fourth-order valence-electron chi connectivity index (χ4n) is 2.06. The van der Waals surface area contributed by atoms with Crippen LogP contribution in [0.25, 0.3) is 5.69 Å². The Morgan fingerprint density at radius 1 is 1.22 bits per heavy atom. The molecule has 0 aliphatic carbocycles. The van der Waals surface area contributed by atoms with Crippen LogP contribution >= 0.6 is 11.6 Å². The molecular formula is C16H14ClN5O. The molecule has 3 aromatic rings. The molecule has 0 spiro atoms.